The van der Waals surface area contributed by atoms with E-state index in [1.807, 2.05) is 30.3 Å². The van der Waals surface area contributed by atoms with Gasteiger partial charge in [0.1, 0.15) is 5.82 Å². The van der Waals surface area contributed by atoms with Gasteiger partial charge in [-0.2, -0.15) is 0 Å². The molecule has 0 spiro atoms. The van der Waals surface area contributed by atoms with Gasteiger partial charge >= 0.3 is 0 Å². The molecule has 28 heavy (non-hydrogen) atoms. The van der Waals surface area contributed by atoms with Gasteiger partial charge in [-0.25, -0.2) is 17.8 Å². The lowest BCUT2D eigenvalue weighted by Crippen LogP contribution is -2.40. The SMILES string of the molecule is O=S(=O)(c1ccc2ccccc2n1)C1CCN(CCc2ccc(F)cc2)CC1. The molecule has 1 aromatic heterocycles. The van der Waals surface area contributed by atoms with E-state index >= 15 is 0 Å². The lowest BCUT2D eigenvalue weighted by atomic mass is 10.1. The van der Waals surface area contributed by atoms with E-state index in [1.54, 1.807) is 18.2 Å². The van der Waals surface area contributed by atoms with Gasteiger partial charge in [0.2, 0.25) is 0 Å². The first-order chi connectivity index (χ1) is 13.5. The van der Waals surface area contributed by atoms with Crippen LogP contribution in [0.1, 0.15) is 18.4 Å². The Morgan fingerprint density at radius 3 is 2.43 bits per heavy atom. The average Bonchev–Trinajstić information content (AvgIpc) is 2.73. The number of nitrogens with zero attached hydrogens (tertiary/aromatic N) is 2. The van der Waals surface area contributed by atoms with E-state index in [9.17, 15) is 12.8 Å². The van der Waals surface area contributed by atoms with E-state index in [4.69, 9.17) is 0 Å². The van der Waals surface area contributed by atoms with Crippen LogP contribution in [0.25, 0.3) is 10.9 Å². The van der Waals surface area contributed by atoms with Crippen LogP contribution in [0.4, 0.5) is 4.39 Å². The number of benzene rings is 2. The van der Waals surface area contributed by atoms with Gasteiger partial charge in [0.25, 0.3) is 0 Å². The van der Waals surface area contributed by atoms with Crippen LogP contribution in [0.15, 0.2) is 65.7 Å². The van der Waals surface area contributed by atoms with Gasteiger partial charge in [0.15, 0.2) is 14.9 Å². The molecule has 0 atom stereocenters. The average molecular weight is 399 g/mol. The molecule has 2 aromatic carbocycles. The zero-order chi connectivity index (χ0) is 19.6. The molecule has 2 heterocycles. The predicted molar refractivity (Wildman–Crippen MR) is 108 cm³/mol. The highest BCUT2D eigenvalue weighted by atomic mass is 32.2. The summed E-state index contributed by atoms with van der Waals surface area (Å²) in [6, 6.07) is 17.6. The zero-order valence-electron chi connectivity index (χ0n) is 15.6. The summed E-state index contributed by atoms with van der Waals surface area (Å²) in [6.45, 7) is 2.35. The maximum Gasteiger partial charge on any atom is 0.198 e. The van der Waals surface area contributed by atoms with E-state index in [0.29, 0.717) is 18.4 Å². The fourth-order valence-electron chi connectivity index (χ4n) is 3.76. The third kappa shape index (κ3) is 4.08. The summed E-state index contributed by atoms with van der Waals surface area (Å²) in [4.78, 5) is 6.67. The lowest BCUT2D eigenvalue weighted by molar-refractivity contribution is 0.232. The molecule has 0 aliphatic carbocycles. The highest BCUT2D eigenvalue weighted by Crippen LogP contribution is 2.25. The number of fused-ring (bicyclic) bond motifs is 1. The second-order valence-electron chi connectivity index (χ2n) is 7.30. The molecule has 4 rings (SSSR count). The molecule has 3 aromatic rings. The van der Waals surface area contributed by atoms with Crippen molar-refractivity contribution in [3.63, 3.8) is 0 Å². The molecule has 0 radical (unpaired) electrons. The largest absolute Gasteiger partial charge is 0.303 e. The summed E-state index contributed by atoms with van der Waals surface area (Å²) in [5.41, 5.74) is 1.80. The molecular weight excluding hydrogens is 375 g/mol. The maximum atomic E-state index is 13.0. The Labute approximate surface area is 164 Å². The van der Waals surface area contributed by atoms with Crippen molar-refractivity contribution in [1.82, 2.24) is 9.88 Å². The van der Waals surface area contributed by atoms with Crippen molar-refractivity contribution in [2.75, 3.05) is 19.6 Å². The van der Waals surface area contributed by atoms with Crippen molar-refractivity contribution in [3.05, 3.63) is 72.0 Å². The molecule has 0 unspecified atom stereocenters. The van der Waals surface area contributed by atoms with Crippen molar-refractivity contribution in [3.8, 4) is 0 Å². The van der Waals surface area contributed by atoms with Gasteiger partial charge in [-0.3, -0.25) is 0 Å². The fourth-order valence-corrected chi connectivity index (χ4v) is 5.41. The molecule has 6 heteroatoms. The minimum atomic E-state index is -3.43. The summed E-state index contributed by atoms with van der Waals surface area (Å²) in [7, 11) is -3.43. The normalized spacial score (nSPS) is 16.5. The van der Waals surface area contributed by atoms with Crippen molar-refractivity contribution < 1.29 is 12.8 Å². The van der Waals surface area contributed by atoms with E-state index in [2.05, 4.69) is 9.88 Å². The topological polar surface area (TPSA) is 50.3 Å². The summed E-state index contributed by atoms with van der Waals surface area (Å²) < 4.78 is 39.1. The number of para-hydroxylation sites is 1. The zero-order valence-corrected chi connectivity index (χ0v) is 16.4. The standard InChI is InChI=1S/C22H23FN2O2S/c23-19-8-5-17(6-9-19)11-14-25-15-12-20(13-16-25)28(26,27)22-10-7-18-3-1-2-4-21(18)24-22/h1-10,20H,11-16H2. The van der Waals surface area contributed by atoms with Crippen molar-refractivity contribution in [2.45, 2.75) is 29.5 Å². The number of piperidine rings is 1. The number of aromatic nitrogens is 1. The molecule has 4 nitrogen and oxygen atoms in total. The summed E-state index contributed by atoms with van der Waals surface area (Å²) in [6.07, 6.45) is 2.06. The molecule has 1 aliphatic rings. The van der Waals surface area contributed by atoms with Crippen molar-refractivity contribution >= 4 is 20.7 Å². The van der Waals surface area contributed by atoms with E-state index in [1.165, 1.54) is 12.1 Å². The van der Waals surface area contributed by atoms with Gasteiger partial charge in [0, 0.05) is 11.9 Å². The smallest absolute Gasteiger partial charge is 0.198 e. The molecule has 1 aliphatic heterocycles. The molecule has 1 fully saturated rings. The first kappa shape index (κ1) is 19.0. The van der Waals surface area contributed by atoms with Crippen molar-refractivity contribution in [2.24, 2.45) is 0 Å². The summed E-state index contributed by atoms with van der Waals surface area (Å²) in [5.74, 6) is -0.225. The number of hydrogen-bond donors (Lipinski definition) is 0. The van der Waals surface area contributed by atoms with Crippen LogP contribution in [0.5, 0.6) is 0 Å². The number of likely N-dealkylation sites (tertiary alicyclic amines) is 1. The number of rotatable bonds is 5. The van der Waals surface area contributed by atoms with Crippen LogP contribution in [0, 0.1) is 5.82 Å². The molecule has 0 saturated carbocycles. The number of pyridine rings is 1. The number of hydrogen-bond acceptors (Lipinski definition) is 4. The first-order valence-corrected chi connectivity index (χ1v) is 11.1. The lowest BCUT2D eigenvalue weighted by Gasteiger charge is -2.31. The minimum Gasteiger partial charge on any atom is -0.303 e. The Kier molecular flexibility index (Phi) is 5.42. The molecule has 0 N–H and O–H groups in total. The molecule has 1 saturated heterocycles. The van der Waals surface area contributed by atoms with E-state index in [-0.39, 0.29) is 16.1 Å². The summed E-state index contributed by atoms with van der Waals surface area (Å²) in [5, 5.41) is 0.733. The highest BCUT2D eigenvalue weighted by molar-refractivity contribution is 7.92. The fraction of sp³-hybridized carbons (Fsp3) is 0.318. The Bertz CT molecular complexity index is 1060. The molecule has 0 bridgehead atoms. The van der Waals surface area contributed by atoms with Crippen LogP contribution >= 0.6 is 0 Å². The molecule has 146 valence electrons. The number of halogens is 1. The Morgan fingerprint density at radius 1 is 0.964 bits per heavy atom. The van der Waals surface area contributed by atoms with Gasteiger partial charge in [0.05, 0.1) is 10.8 Å². The Balaban J connectivity index is 1.38. The van der Waals surface area contributed by atoms with E-state index < -0.39 is 9.84 Å². The third-order valence-electron chi connectivity index (χ3n) is 5.47. The van der Waals surface area contributed by atoms with Crippen LogP contribution < -0.4 is 0 Å². The second kappa shape index (κ2) is 7.97. The van der Waals surface area contributed by atoms with Gasteiger partial charge in [-0.05, 0) is 68.2 Å². The highest BCUT2D eigenvalue weighted by Gasteiger charge is 2.32. The van der Waals surface area contributed by atoms with Crippen LogP contribution in [0.3, 0.4) is 0 Å². The Morgan fingerprint density at radius 2 is 1.68 bits per heavy atom. The minimum absolute atomic E-state index is 0.177. The monoisotopic (exact) mass is 398 g/mol. The third-order valence-corrected chi connectivity index (χ3v) is 7.63. The van der Waals surface area contributed by atoms with Gasteiger partial charge < -0.3 is 4.90 Å². The second-order valence-corrected chi connectivity index (χ2v) is 9.48. The van der Waals surface area contributed by atoms with E-state index in [0.717, 1.165) is 37.0 Å². The van der Waals surface area contributed by atoms with Gasteiger partial charge in [-0.15, -0.1) is 0 Å². The first-order valence-electron chi connectivity index (χ1n) is 9.59. The summed E-state index contributed by atoms with van der Waals surface area (Å²) >= 11 is 0. The maximum absolute atomic E-state index is 13.0. The Hall–Kier alpha value is -2.31. The van der Waals surface area contributed by atoms with Crippen LogP contribution in [0.2, 0.25) is 0 Å². The quantitative estimate of drug-likeness (QED) is 0.655. The van der Waals surface area contributed by atoms with Crippen molar-refractivity contribution in [1.29, 1.82) is 0 Å². The van der Waals surface area contributed by atoms with Gasteiger partial charge in [-0.1, -0.05) is 30.3 Å². The molecular formula is C22H23FN2O2S. The molecule has 0 amide bonds. The van der Waals surface area contributed by atoms with Crippen LogP contribution in [-0.2, 0) is 16.3 Å². The predicted octanol–water partition coefficient (Wildman–Crippen LogP) is 3.85. The van der Waals surface area contributed by atoms with Crippen LogP contribution in [-0.4, -0.2) is 43.2 Å². The number of sulfone groups is 1.